The number of para-hydroxylation sites is 2. The molecule has 1 amide bonds. The Morgan fingerprint density at radius 3 is 2.68 bits per heavy atom. The van der Waals surface area contributed by atoms with E-state index in [-0.39, 0.29) is 17.2 Å². The minimum atomic E-state index is -0.242. The lowest BCUT2D eigenvalue weighted by atomic mass is 10.2. The first kappa shape index (κ1) is 21.4. The molecule has 2 heterocycles. The zero-order chi connectivity index (χ0) is 23.7. The highest BCUT2D eigenvalue weighted by molar-refractivity contribution is 7.99. The van der Waals surface area contributed by atoms with E-state index < -0.39 is 0 Å². The molecule has 0 fully saturated rings. The lowest BCUT2D eigenvalue weighted by molar-refractivity contribution is -0.113. The van der Waals surface area contributed by atoms with Crippen LogP contribution in [-0.2, 0) is 4.79 Å². The Morgan fingerprint density at radius 2 is 1.85 bits per heavy atom. The Labute approximate surface area is 198 Å². The maximum atomic E-state index is 13.4. The Kier molecular flexibility index (Phi) is 5.57. The van der Waals surface area contributed by atoms with Crippen molar-refractivity contribution in [2.45, 2.75) is 12.1 Å². The summed E-state index contributed by atoms with van der Waals surface area (Å²) in [5.41, 5.74) is 3.16. The number of carbonyl (C=O) groups excluding carboxylic acids is 1. The molecule has 0 bridgehead atoms. The van der Waals surface area contributed by atoms with Gasteiger partial charge in [0.15, 0.2) is 5.16 Å². The van der Waals surface area contributed by atoms with Crippen LogP contribution in [0.4, 0.5) is 5.69 Å². The van der Waals surface area contributed by atoms with Crippen LogP contribution in [0.2, 0.25) is 0 Å². The van der Waals surface area contributed by atoms with E-state index in [4.69, 9.17) is 5.26 Å². The molecule has 0 aliphatic heterocycles. The van der Waals surface area contributed by atoms with Gasteiger partial charge in [-0.05, 0) is 48.9 Å². The molecule has 1 N–H and O–H groups in total. The lowest BCUT2D eigenvalue weighted by Crippen LogP contribution is -2.22. The highest BCUT2D eigenvalue weighted by Crippen LogP contribution is 2.24. The zero-order valence-corrected chi connectivity index (χ0v) is 18.9. The second kappa shape index (κ2) is 8.84. The first-order valence-electron chi connectivity index (χ1n) is 10.4. The van der Waals surface area contributed by atoms with Gasteiger partial charge in [-0.2, -0.15) is 5.26 Å². The summed E-state index contributed by atoms with van der Waals surface area (Å²) in [6.07, 6.45) is 0. The monoisotopic (exact) mass is 466 g/mol. The summed E-state index contributed by atoms with van der Waals surface area (Å²) in [6, 6.07) is 23.7. The fraction of sp³-hybridized carbons (Fsp3) is 0.0800. The summed E-state index contributed by atoms with van der Waals surface area (Å²) >= 11 is 1.22. The molecule has 34 heavy (non-hydrogen) atoms. The molecular formula is C25H18N6O2S. The van der Waals surface area contributed by atoms with Gasteiger partial charge in [0.1, 0.15) is 0 Å². The molecule has 0 aliphatic rings. The third-order valence-electron chi connectivity index (χ3n) is 5.36. The molecule has 5 aromatic rings. The number of nitriles is 1. The van der Waals surface area contributed by atoms with Gasteiger partial charge in [0.25, 0.3) is 5.56 Å². The number of benzene rings is 3. The molecule has 0 saturated heterocycles. The first-order chi connectivity index (χ1) is 16.6. The number of thioether (sulfide) groups is 1. The van der Waals surface area contributed by atoms with Gasteiger partial charge in [-0.25, -0.2) is 4.57 Å². The SMILES string of the molecule is Cc1ccccc1-n1c(=O)c2ccccc2n2c(SCC(=O)Nc3cccc(C#N)c3)nnc12. The summed E-state index contributed by atoms with van der Waals surface area (Å²) in [5.74, 6) is 0.214. The standard InChI is InChI=1S/C25H18N6O2S/c1-16-7-2-4-11-20(16)30-23(33)19-10-3-5-12-21(19)31-24(30)28-29-25(31)34-15-22(32)27-18-9-6-8-17(13-18)14-26/h2-13H,15H2,1H3,(H,27,32). The summed E-state index contributed by atoms with van der Waals surface area (Å²) in [7, 11) is 0. The molecule has 9 heteroatoms. The number of aromatic nitrogens is 4. The van der Waals surface area contributed by atoms with Gasteiger partial charge in [0.2, 0.25) is 11.7 Å². The van der Waals surface area contributed by atoms with Crippen molar-refractivity contribution in [3.8, 4) is 11.8 Å². The molecule has 0 aliphatic carbocycles. The van der Waals surface area contributed by atoms with Crippen molar-refractivity contribution in [3.05, 3.63) is 94.3 Å². The summed E-state index contributed by atoms with van der Waals surface area (Å²) in [6.45, 7) is 1.94. The number of fused-ring (bicyclic) bond motifs is 3. The summed E-state index contributed by atoms with van der Waals surface area (Å²) < 4.78 is 3.36. The second-order valence-corrected chi connectivity index (χ2v) is 8.53. The van der Waals surface area contributed by atoms with Crippen molar-refractivity contribution >= 4 is 40.0 Å². The van der Waals surface area contributed by atoms with Crippen molar-refractivity contribution in [1.29, 1.82) is 5.26 Å². The van der Waals surface area contributed by atoms with Crippen molar-refractivity contribution < 1.29 is 4.79 Å². The third-order valence-corrected chi connectivity index (χ3v) is 6.29. The number of nitrogens with zero attached hydrogens (tertiary/aromatic N) is 5. The summed E-state index contributed by atoms with van der Waals surface area (Å²) in [4.78, 5) is 26.0. The number of hydrogen-bond acceptors (Lipinski definition) is 6. The van der Waals surface area contributed by atoms with Crippen LogP contribution in [0.25, 0.3) is 22.4 Å². The van der Waals surface area contributed by atoms with E-state index in [1.54, 1.807) is 39.3 Å². The maximum Gasteiger partial charge on any atom is 0.267 e. The first-order valence-corrected chi connectivity index (χ1v) is 11.4. The molecule has 0 unspecified atom stereocenters. The largest absolute Gasteiger partial charge is 0.325 e. The highest BCUT2D eigenvalue weighted by atomic mass is 32.2. The van der Waals surface area contributed by atoms with E-state index in [2.05, 4.69) is 21.6 Å². The topological polar surface area (TPSA) is 105 Å². The average Bonchev–Trinajstić information content (AvgIpc) is 3.28. The predicted molar refractivity (Wildman–Crippen MR) is 131 cm³/mol. The van der Waals surface area contributed by atoms with Crippen molar-refractivity contribution in [3.63, 3.8) is 0 Å². The van der Waals surface area contributed by atoms with E-state index in [0.29, 0.717) is 33.1 Å². The lowest BCUT2D eigenvalue weighted by Gasteiger charge is -2.13. The van der Waals surface area contributed by atoms with Crippen LogP contribution in [-0.4, -0.2) is 30.8 Å². The minimum absolute atomic E-state index is 0.0788. The van der Waals surface area contributed by atoms with E-state index in [1.165, 1.54) is 11.8 Å². The second-order valence-electron chi connectivity index (χ2n) is 7.59. The number of carbonyl (C=O) groups is 1. The number of nitrogens with one attached hydrogen (secondary N) is 1. The highest BCUT2D eigenvalue weighted by Gasteiger charge is 2.19. The molecular weight excluding hydrogens is 448 g/mol. The molecule has 3 aromatic carbocycles. The van der Waals surface area contributed by atoms with Gasteiger partial charge in [0.05, 0.1) is 34.0 Å². The van der Waals surface area contributed by atoms with Crippen LogP contribution in [0.3, 0.4) is 0 Å². The molecule has 8 nitrogen and oxygen atoms in total. The number of rotatable bonds is 5. The van der Waals surface area contributed by atoms with Crippen LogP contribution in [0.1, 0.15) is 11.1 Å². The van der Waals surface area contributed by atoms with Crippen LogP contribution in [0, 0.1) is 18.3 Å². The zero-order valence-electron chi connectivity index (χ0n) is 18.1. The third kappa shape index (κ3) is 3.80. The molecule has 2 aromatic heterocycles. The fourth-order valence-electron chi connectivity index (χ4n) is 3.80. The van der Waals surface area contributed by atoms with Crippen molar-refractivity contribution in [1.82, 2.24) is 19.2 Å². The van der Waals surface area contributed by atoms with Gasteiger partial charge >= 0.3 is 0 Å². The predicted octanol–water partition coefficient (Wildman–Crippen LogP) is 3.94. The summed E-state index contributed by atoms with van der Waals surface area (Å²) in [5, 5.41) is 21.5. The van der Waals surface area contributed by atoms with Gasteiger partial charge in [0, 0.05) is 5.69 Å². The number of anilines is 1. The minimum Gasteiger partial charge on any atom is -0.325 e. The Balaban J connectivity index is 1.54. The molecule has 0 atom stereocenters. The molecule has 0 radical (unpaired) electrons. The maximum absolute atomic E-state index is 13.4. The van der Waals surface area contributed by atoms with Gasteiger partial charge in [-0.3, -0.25) is 14.0 Å². The van der Waals surface area contributed by atoms with E-state index in [1.807, 2.05) is 49.4 Å². The van der Waals surface area contributed by atoms with E-state index >= 15 is 0 Å². The van der Waals surface area contributed by atoms with Gasteiger partial charge in [-0.15, -0.1) is 10.2 Å². The van der Waals surface area contributed by atoms with Crippen LogP contribution < -0.4 is 10.9 Å². The normalized spacial score (nSPS) is 10.9. The molecule has 0 spiro atoms. The number of aryl methyl sites for hydroxylation is 1. The van der Waals surface area contributed by atoms with Crippen LogP contribution in [0.5, 0.6) is 0 Å². The number of hydrogen-bond donors (Lipinski definition) is 1. The molecule has 5 rings (SSSR count). The molecule has 0 saturated carbocycles. The number of amides is 1. The van der Waals surface area contributed by atoms with Gasteiger partial charge < -0.3 is 5.32 Å². The van der Waals surface area contributed by atoms with E-state index in [9.17, 15) is 9.59 Å². The smallest absolute Gasteiger partial charge is 0.267 e. The molecule has 166 valence electrons. The van der Waals surface area contributed by atoms with Crippen molar-refractivity contribution in [2.75, 3.05) is 11.1 Å². The van der Waals surface area contributed by atoms with E-state index in [0.717, 1.165) is 11.3 Å². The average molecular weight is 467 g/mol. The van der Waals surface area contributed by atoms with Crippen LogP contribution in [0.15, 0.2) is 82.7 Å². The quantitative estimate of drug-likeness (QED) is 0.393. The Hall–Kier alpha value is -4.42. The van der Waals surface area contributed by atoms with Gasteiger partial charge in [-0.1, -0.05) is 48.2 Å². The van der Waals surface area contributed by atoms with Crippen molar-refractivity contribution in [2.24, 2.45) is 0 Å². The Bertz CT molecular complexity index is 1660. The van der Waals surface area contributed by atoms with Crippen LogP contribution >= 0.6 is 11.8 Å². The Morgan fingerprint density at radius 1 is 1.06 bits per heavy atom. The fourth-order valence-corrected chi connectivity index (χ4v) is 4.54.